The van der Waals surface area contributed by atoms with Gasteiger partial charge >= 0.3 is 0 Å². The Kier molecular flexibility index (Phi) is 5.21. The van der Waals surface area contributed by atoms with Crippen molar-refractivity contribution in [2.24, 2.45) is 0 Å². The van der Waals surface area contributed by atoms with E-state index in [1.165, 1.54) is 0 Å². The molecule has 0 spiro atoms. The van der Waals surface area contributed by atoms with Gasteiger partial charge in [-0.1, -0.05) is 24.3 Å². The van der Waals surface area contributed by atoms with Crippen LogP contribution in [0.1, 0.15) is 0 Å². The van der Waals surface area contributed by atoms with Gasteiger partial charge in [-0.25, -0.2) is 0 Å². The summed E-state index contributed by atoms with van der Waals surface area (Å²) in [6.45, 7) is 0. The fraction of sp³-hybridized carbons (Fsp3) is 0.143. The van der Waals surface area contributed by atoms with E-state index in [-0.39, 0.29) is 10.9 Å². The van der Waals surface area contributed by atoms with Crippen LogP contribution in [0.25, 0.3) is 44.3 Å². The summed E-state index contributed by atoms with van der Waals surface area (Å²) < 4.78 is 0. The molecular weight excluding hydrogens is 424 g/mol. The number of H-pyrrole nitrogens is 2. The highest BCUT2D eigenvalue weighted by molar-refractivity contribution is 5.96. The van der Waals surface area contributed by atoms with Crippen molar-refractivity contribution < 1.29 is 0 Å². The van der Waals surface area contributed by atoms with E-state index in [9.17, 15) is 9.59 Å². The first kappa shape index (κ1) is 21.5. The van der Waals surface area contributed by atoms with E-state index in [4.69, 9.17) is 0 Å². The molecule has 0 fully saturated rings. The summed E-state index contributed by atoms with van der Waals surface area (Å²) in [6.07, 6.45) is 0. The number of aromatic nitrogens is 2. The lowest BCUT2D eigenvalue weighted by Gasteiger charge is -2.13. The number of rotatable bonds is 4. The Labute approximate surface area is 197 Å². The number of hydrogen-bond acceptors (Lipinski definition) is 4. The Bertz CT molecular complexity index is 1500. The fourth-order valence-electron chi connectivity index (χ4n) is 4.18. The van der Waals surface area contributed by atoms with Crippen molar-refractivity contribution in [2.45, 2.75) is 0 Å². The summed E-state index contributed by atoms with van der Waals surface area (Å²) in [4.78, 5) is 36.8. The second kappa shape index (κ2) is 8.23. The van der Waals surface area contributed by atoms with Gasteiger partial charge < -0.3 is 19.8 Å². The van der Waals surface area contributed by atoms with E-state index in [2.05, 4.69) is 9.97 Å². The Morgan fingerprint density at radius 1 is 0.529 bits per heavy atom. The molecule has 5 rings (SSSR count). The summed E-state index contributed by atoms with van der Waals surface area (Å²) in [5.74, 6) is 0. The lowest BCUT2D eigenvalue weighted by molar-refractivity contribution is 1.13. The molecule has 0 radical (unpaired) electrons. The molecule has 0 saturated heterocycles. The van der Waals surface area contributed by atoms with Crippen LogP contribution >= 0.6 is 0 Å². The number of nitrogens with zero attached hydrogens (tertiary/aromatic N) is 2. The predicted octanol–water partition coefficient (Wildman–Crippen LogP) is 4.84. The van der Waals surface area contributed by atoms with Gasteiger partial charge in [0.15, 0.2) is 10.9 Å². The number of aromatic amines is 2. The third kappa shape index (κ3) is 3.83. The van der Waals surface area contributed by atoms with E-state index < -0.39 is 0 Å². The highest BCUT2D eigenvalue weighted by Crippen LogP contribution is 2.25. The van der Waals surface area contributed by atoms with Gasteiger partial charge in [0.1, 0.15) is 0 Å². The summed E-state index contributed by atoms with van der Waals surface area (Å²) >= 11 is 0. The van der Waals surface area contributed by atoms with Crippen LogP contribution < -0.4 is 20.7 Å². The zero-order chi connectivity index (χ0) is 24.0. The van der Waals surface area contributed by atoms with Crippen LogP contribution in [0.5, 0.6) is 0 Å². The lowest BCUT2D eigenvalue weighted by atomic mass is 10.0. The second-order valence-corrected chi connectivity index (χ2v) is 8.92. The molecule has 0 amide bonds. The lowest BCUT2D eigenvalue weighted by Crippen LogP contribution is -2.09. The van der Waals surface area contributed by atoms with E-state index in [1.54, 1.807) is 24.3 Å². The molecule has 0 unspecified atom stereocenters. The molecule has 0 bridgehead atoms. The third-order valence-electron chi connectivity index (χ3n) is 6.17. The Morgan fingerprint density at radius 3 is 1.21 bits per heavy atom. The summed E-state index contributed by atoms with van der Waals surface area (Å²) in [6, 6.07) is 22.7. The molecule has 2 N–H and O–H groups in total. The topological polar surface area (TPSA) is 72.2 Å². The minimum Gasteiger partial charge on any atom is -0.378 e. The third-order valence-corrected chi connectivity index (χ3v) is 6.17. The second-order valence-electron chi connectivity index (χ2n) is 8.92. The minimum absolute atomic E-state index is 0.0936. The van der Waals surface area contributed by atoms with Crippen LogP contribution in [0.15, 0.2) is 82.4 Å². The quantitative estimate of drug-likeness (QED) is 0.385. The van der Waals surface area contributed by atoms with Crippen LogP contribution in [0.3, 0.4) is 0 Å². The number of anilines is 2. The van der Waals surface area contributed by atoms with Gasteiger partial charge in [0.05, 0.1) is 11.0 Å². The zero-order valence-electron chi connectivity index (χ0n) is 19.6. The first-order valence-corrected chi connectivity index (χ1v) is 11.1. The maximum absolute atomic E-state index is 13.0. The monoisotopic (exact) mass is 450 g/mol. The molecule has 0 aliphatic carbocycles. The average molecular weight is 451 g/mol. The fourth-order valence-corrected chi connectivity index (χ4v) is 4.18. The van der Waals surface area contributed by atoms with Crippen LogP contribution in [-0.2, 0) is 0 Å². The van der Waals surface area contributed by atoms with Gasteiger partial charge in [0.25, 0.3) is 0 Å². The molecule has 0 aliphatic rings. The molecule has 3 aromatic carbocycles. The van der Waals surface area contributed by atoms with Gasteiger partial charge in [-0.2, -0.15) is 0 Å². The van der Waals surface area contributed by atoms with Crippen molar-refractivity contribution in [3.05, 3.63) is 93.2 Å². The summed E-state index contributed by atoms with van der Waals surface area (Å²) in [5.41, 5.74) is 6.51. The van der Waals surface area contributed by atoms with Crippen LogP contribution in [-0.4, -0.2) is 38.2 Å². The Morgan fingerprint density at radius 2 is 0.882 bits per heavy atom. The molecule has 0 atom stereocenters. The number of fused-ring (bicyclic) bond motifs is 2. The van der Waals surface area contributed by atoms with E-state index in [0.29, 0.717) is 21.8 Å². The predicted molar refractivity (Wildman–Crippen MR) is 142 cm³/mol. The normalized spacial score (nSPS) is 11.2. The van der Waals surface area contributed by atoms with Crippen molar-refractivity contribution in [1.82, 2.24) is 9.97 Å². The molecular formula is C28H26N4O2. The maximum Gasteiger partial charge on any atom is 0.190 e. The van der Waals surface area contributed by atoms with Crippen molar-refractivity contribution in [2.75, 3.05) is 38.0 Å². The zero-order valence-corrected chi connectivity index (χ0v) is 19.6. The van der Waals surface area contributed by atoms with Crippen molar-refractivity contribution >= 4 is 33.2 Å². The SMILES string of the molecule is CN(C)c1ccc(-c2cc(=O)c3cc4[nH]c(-c5ccc(N(C)C)cc5)cc(=O)c4cc3[nH]2)cc1. The van der Waals surface area contributed by atoms with Gasteiger partial charge in [0, 0.05) is 73.9 Å². The largest absolute Gasteiger partial charge is 0.378 e. The first-order chi connectivity index (χ1) is 16.3. The number of pyridine rings is 2. The molecule has 0 aliphatic heterocycles. The molecule has 6 nitrogen and oxygen atoms in total. The first-order valence-electron chi connectivity index (χ1n) is 11.1. The average Bonchev–Trinajstić information content (AvgIpc) is 2.83. The molecule has 5 aromatic rings. The van der Waals surface area contributed by atoms with E-state index in [1.807, 2.05) is 86.5 Å². The summed E-state index contributed by atoms with van der Waals surface area (Å²) in [5, 5.41) is 1.08. The minimum atomic E-state index is -0.0936. The molecule has 2 aromatic heterocycles. The van der Waals surface area contributed by atoms with Gasteiger partial charge in [-0.05, 0) is 47.5 Å². The van der Waals surface area contributed by atoms with Crippen molar-refractivity contribution in [3.63, 3.8) is 0 Å². The molecule has 0 saturated carbocycles. The van der Waals surface area contributed by atoms with Crippen molar-refractivity contribution in [1.29, 1.82) is 0 Å². The Hall–Kier alpha value is -4.32. The van der Waals surface area contributed by atoms with Crippen LogP contribution in [0.4, 0.5) is 11.4 Å². The molecule has 6 heteroatoms. The van der Waals surface area contributed by atoms with Crippen LogP contribution in [0, 0.1) is 0 Å². The van der Waals surface area contributed by atoms with Gasteiger partial charge in [-0.3, -0.25) is 9.59 Å². The van der Waals surface area contributed by atoms with Gasteiger partial charge in [-0.15, -0.1) is 0 Å². The molecule has 2 heterocycles. The highest BCUT2D eigenvalue weighted by atomic mass is 16.1. The smallest absolute Gasteiger partial charge is 0.190 e. The van der Waals surface area contributed by atoms with E-state index >= 15 is 0 Å². The maximum atomic E-state index is 13.0. The van der Waals surface area contributed by atoms with Gasteiger partial charge in [0.2, 0.25) is 0 Å². The van der Waals surface area contributed by atoms with Crippen LogP contribution in [0.2, 0.25) is 0 Å². The number of benzene rings is 3. The standard InChI is InChI=1S/C28H26N4O2/c1-31(2)19-9-5-17(6-10-19)23-15-27(33)21-14-26-22(13-25(21)29-23)28(34)16-24(30-26)18-7-11-20(12-8-18)32(3)4/h5-16H,1-4H3,(H,29,33)(H,30,34). The molecule has 34 heavy (non-hydrogen) atoms. The Balaban J connectivity index is 1.62. The highest BCUT2D eigenvalue weighted by Gasteiger charge is 2.10. The van der Waals surface area contributed by atoms with E-state index in [0.717, 1.165) is 33.9 Å². The summed E-state index contributed by atoms with van der Waals surface area (Å²) in [7, 11) is 7.94. The number of nitrogens with one attached hydrogen (secondary N) is 2. The number of hydrogen-bond donors (Lipinski definition) is 2. The van der Waals surface area contributed by atoms with Crippen molar-refractivity contribution in [3.8, 4) is 22.5 Å². The molecule has 170 valence electrons.